The first-order valence-electron chi connectivity index (χ1n) is 7.24. The second-order valence-electron chi connectivity index (χ2n) is 5.86. The maximum Gasteiger partial charge on any atom is 0.228 e. The average molecular weight is 276 g/mol. The molecule has 2 heterocycles. The van der Waals surface area contributed by atoms with E-state index in [0.29, 0.717) is 18.1 Å². The van der Waals surface area contributed by atoms with Crippen LogP contribution in [0.5, 0.6) is 0 Å². The zero-order valence-corrected chi connectivity index (χ0v) is 11.9. The Morgan fingerprint density at radius 2 is 2.10 bits per heavy atom. The van der Waals surface area contributed by atoms with Gasteiger partial charge in [0.1, 0.15) is 5.82 Å². The number of carbonyl (C=O) groups is 2. The molecule has 1 aromatic rings. The molecule has 1 aliphatic heterocycles. The summed E-state index contributed by atoms with van der Waals surface area (Å²) in [6.07, 6.45) is 4.63. The SMILES string of the molecule is C[C@H]1CC(=O)Nc2c1c(NC(=O)C1CCCC1)nn2C. The third-order valence-corrected chi connectivity index (χ3v) is 4.29. The van der Waals surface area contributed by atoms with Crippen molar-refractivity contribution in [2.45, 2.75) is 44.9 Å². The van der Waals surface area contributed by atoms with E-state index in [9.17, 15) is 9.59 Å². The van der Waals surface area contributed by atoms with Crippen molar-refractivity contribution in [3.8, 4) is 0 Å². The van der Waals surface area contributed by atoms with Crippen LogP contribution < -0.4 is 10.6 Å². The number of hydrogen-bond acceptors (Lipinski definition) is 3. The van der Waals surface area contributed by atoms with E-state index in [0.717, 1.165) is 31.2 Å². The summed E-state index contributed by atoms with van der Waals surface area (Å²) in [4.78, 5) is 23.8. The summed E-state index contributed by atoms with van der Waals surface area (Å²) >= 11 is 0. The number of nitrogens with one attached hydrogen (secondary N) is 2. The molecule has 0 unspecified atom stereocenters. The Bertz CT molecular complexity index is 558. The van der Waals surface area contributed by atoms with Gasteiger partial charge >= 0.3 is 0 Å². The highest BCUT2D eigenvalue weighted by Crippen LogP contribution is 2.37. The minimum atomic E-state index is 0.00155. The van der Waals surface area contributed by atoms with Gasteiger partial charge in [0.15, 0.2) is 5.82 Å². The molecule has 20 heavy (non-hydrogen) atoms. The molecule has 1 aliphatic carbocycles. The molecule has 1 atom stereocenters. The molecule has 1 fully saturated rings. The van der Waals surface area contributed by atoms with E-state index in [1.807, 2.05) is 6.92 Å². The molecule has 0 radical (unpaired) electrons. The molecule has 0 bridgehead atoms. The Morgan fingerprint density at radius 3 is 2.80 bits per heavy atom. The normalized spacial score (nSPS) is 22.5. The topological polar surface area (TPSA) is 76.0 Å². The quantitative estimate of drug-likeness (QED) is 0.867. The van der Waals surface area contributed by atoms with Crippen LogP contribution in [0.4, 0.5) is 11.6 Å². The van der Waals surface area contributed by atoms with Crippen molar-refractivity contribution < 1.29 is 9.59 Å². The van der Waals surface area contributed by atoms with Gasteiger partial charge in [-0.2, -0.15) is 5.10 Å². The van der Waals surface area contributed by atoms with Gasteiger partial charge in [-0.25, -0.2) is 0 Å². The Balaban J connectivity index is 1.85. The molecule has 0 aromatic carbocycles. The third kappa shape index (κ3) is 2.19. The maximum atomic E-state index is 12.2. The lowest BCUT2D eigenvalue weighted by Crippen LogP contribution is -2.24. The van der Waals surface area contributed by atoms with Crippen LogP contribution in [0.25, 0.3) is 0 Å². The molecule has 6 heteroatoms. The van der Waals surface area contributed by atoms with Crippen LogP contribution in [-0.4, -0.2) is 21.6 Å². The molecule has 0 spiro atoms. The van der Waals surface area contributed by atoms with Gasteiger partial charge in [0.25, 0.3) is 0 Å². The van der Waals surface area contributed by atoms with Crippen LogP contribution in [0.2, 0.25) is 0 Å². The molecule has 1 aromatic heterocycles. The van der Waals surface area contributed by atoms with Crippen LogP contribution in [0.1, 0.15) is 50.5 Å². The summed E-state index contributed by atoms with van der Waals surface area (Å²) in [5, 5.41) is 10.1. The molecule has 6 nitrogen and oxygen atoms in total. The van der Waals surface area contributed by atoms with Gasteiger partial charge in [-0.15, -0.1) is 0 Å². The van der Waals surface area contributed by atoms with E-state index in [4.69, 9.17) is 0 Å². The summed E-state index contributed by atoms with van der Waals surface area (Å²) in [6.45, 7) is 1.99. The number of nitrogens with zero attached hydrogens (tertiary/aromatic N) is 2. The fourth-order valence-corrected chi connectivity index (χ4v) is 3.22. The Labute approximate surface area is 117 Å². The van der Waals surface area contributed by atoms with Crippen molar-refractivity contribution in [2.24, 2.45) is 13.0 Å². The summed E-state index contributed by atoms with van der Waals surface area (Å²) < 4.78 is 1.63. The molecule has 2 N–H and O–H groups in total. The second kappa shape index (κ2) is 4.92. The van der Waals surface area contributed by atoms with Gasteiger partial charge in [0.05, 0.1) is 0 Å². The highest BCUT2D eigenvalue weighted by Gasteiger charge is 2.31. The van der Waals surface area contributed by atoms with E-state index < -0.39 is 0 Å². The van der Waals surface area contributed by atoms with Crippen LogP contribution in [-0.2, 0) is 16.6 Å². The Kier molecular flexibility index (Phi) is 3.23. The van der Waals surface area contributed by atoms with Crippen molar-refractivity contribution in [1.82, 2.24) is 9.78 Å². The average Bonchev–Trinajstić information content (AvgIpc) is 2.99. The molecule has 2 aliphatic rings. The first kappa shape index (κ1) is 13.1. The van der Waals surface area contributed by atoms with Gasteiger partial charge in [0, 0.05) is 24.9 Å². The fraction of sp³-hybridized carbons (Fsp3) is 0.643. The summed E-state index contributed by atoms with van der Waals surface area (Å²) in [5.74, 6) is 1.56. The summed E-state index contributed by atoms with van der Waals surface area (Å²) in [7, 11) is 1.78. The predicted molar refractivity (Wildman–Crippen MR) is 75.5 cm³/mol. The smallest absolute Gasteiger partial charge is 0.228 e. The van der Waals surface area contributed by atoms with E-state index >= 15 is 0 Å². The second-order valence-corrected chi connectivity index (χ2v) is 5.86. The highest BCUT2D eigenvalue weighted by atomic mass is 16.2. The number of carbonyl (C=O) groups excluding carboxylic acids is 2. The van der Waals surface area contributed by atoms with Crippen molar-refractivity contribution in [3.63, 3.8) is 0 Å². The minimum Gasteiger partial charge on any atom is -0.311 e. The molecule has 3 rings (SSSR count). The van der Waals surface area contributed by atoms with Crippen molar-refractivity contribution >= 4 is 23.5 Å². The molecular weight excluding hydrogens is 256 g/mol. The number of amides is 2. The first-order valence-corrected chi connectivity index (χ1v) is 7.24. The number of hydrogen-bond donors (Lipinski definition) is 2. The molecule has 2 amide bonds. The van der Waals surface area contributed by atoms with E-state index in [-0.39, 0.29) is 23.7 Å². The lowest BCUT2D eigenvalue weighted by atomic mass is 9.95. The number of fused-ring (bicyclic) bond motifs is 1. The molecule has 1 saturated carbocycles. The van der Waals surface area contributed by atoms with Crippen molar-refractivity contribution in [1.29, 1.82) is 0 Å². The van der Waals surface area contributed by atoms with Crippen LogP contribution in [0.3, 0.4) is 0 Å². The first-order chi connectivity index (χ1) is 9.56. The number of aromatic nitrogens is 2. The zero-order chi connectivity index (χ0) is 14.3. The summed E-state index contributed by atoms with van der Waals surface area (Å²) in [6, 6.07) is 0. The zero-order valence-electron chi connectivity index (χ0n) is 11.9. The minimum absolute atomic E-state index is 0.00155. The molecular formula is C14H20N4O2. The number of aryl methyl sites for hydroxylation is 1. The van der Waals surface area contributed by atoms with Gasteiger partial charge < -0.3 is 10.6 Å². The Hall–Kier alpha value is -1.85. The molecule has 108 valence electrons. The van der Waals surface area contributed by atoms with Crippen LogP contribution in [0.15, 0.2) is 0 Å². The van der Waals surface area contributed by atoms with Crippen LogP contribution in [0, 0.1) is 5.92 Å². The van der Waals surface area contributed by atoms with E-state index in [1.165, 1.54) is 0 Å². The molecule has 0 saturated heterocycles. The van der Waals surface area contributed by atoms with Crippen molar-refractivity contribution in [2.75, 3.05) is 10.6 Å². The van der Waals surface area contributed by atoms with Gasteiger partial charge in [0.2, 0.25) is 11.8 Å². The standard InChI is InChI=1S/C14H20N4O2/c1-8-7-10(19)15-13-11(8)12(17-18(13)2)16-14(20)9-5-3-4-6-9/h8-9H,3-7H2,1-2H3,(H,15,19)(H,16,17,20)/t8-/m0/s1. The monoisotopic (exact) mass is 276 g/mol. The largest absolute Gasteiger partial charge is 0.311 e. The van der Waals surface area contributed by atoms with E-state index in [2.05, 4.69) is 15.7 Å². The van der Waals surface area contributed by atoms with Gasteiger partial charge in [-0.3, -0.25) is 14.3 Å². The number of rotatable bonds is 2. The third-order valence-electron chi connectivity index (χ3n) is 4.29. The summed E-state index contributed by atoms with van der Waals surface area (Å²) in [5.41, 5.74) is 0.943. The maximum absolute atomic E-state index is 12.2. The van der Waals surface area contributed by atoms with Crippen LogP contribution >= 0.6 is 0 Å². The van der Waals surface area contributed by atoms with Gasteiger partial charge in [-0.1, -0.05) is 19.8 Å². The van der Waals surface area contributed by atoms with Crippen molar-refractivity contribution in [3.05, 3.63) is 5.56 Å². The Morgan fingerprint density at radius 1 is 1.40 bits per heavy atom. The fourth-order valence-electron chi connectivity index (χ4n) is 3.22. The predicted octanol–water partition coefficient (Wildman–Crippen LogP) is 1.99. The number of anilines is 2. The lowest BCUT2D eigenvalue weighted by Gasteiger charge is -2.20. The lowest BCUT2D eigenvalue weighted by molar-refractivity contribution is -0.119. The highest BCUT2D eigenvalue weighted by molar-refractivity contribution is 5.98. The van der Waals surface area contributed by atoms with E-state index in [1.54, 1.807) is 11.7 Å². The van der Waals surface area contributed by atoms with Gasteiger partial charge in [-0.05, 0) is 18.8 Å².